The fourth-order valence-corrected chi connectivity index (χ4v) is 2.67. The zero-order valence-corrected chi connectivity index (χ0v) is 14.7. The summed E-state index contributed by atoms with van der Waals surface area (Å²) >= 11 is 0. The first-order valence-corrected chi connectivity index (χ1v) is 8.32. The third kappa shape index (κ3) is 6.64. The minimum atomic E-state index is -4.70. The molecule has 1 unspecified atom stereocenters. The highest BCUT2D eigenvalue weighted by atomic mass is 32.2. The molecule has 0 saturated heterocycles. The van der Waals surface area contributed by atoms with Crippen molar-refractivity contribution in [3.8, 4) is 0 Å². The largest absolute Gasteiger partial charge is 0.469 e. The number of alkyl halides is 3. The summed E-state index contributed by atoms with van der Waals surface area (Å²) in [5.74, 6) is -2.45. The standard InChI is InChI=1S/C14H26F3NO3S/c1-7-9(2)8-10(12(19)21-6)11(14(15,16)17)18-22(20)13(3,4)5/h9-11,18H,7-8H2,1-6H3/t9?,10-,11-,22-/m1/s1. The molecule has 132 valence electrons. The van der Waals surface area contributed by atoms with Gasteiger partial charge in [0.05, 0.1) is 28.8 Å². The second kappa shape index (κ2) is 8.29. The number of nitrogens with one attached hydrogen (secondary N) is 1. The number of hydrogen-bond acceptors (Lipinski definition) is 3. The van der Waals surface area contributed by atoms with Gasteiger partial charge in [-0.05, 0) is 33.1 Å². The molecule has 1 N–H and O–H groups in total. The van der Waals surface area contributed by atoms with E-state index in [2.05, 4.69) is 9.46 Å². The van der Waals surface area contributed by atoms with Crippen LogP contribution in [0.25, 0.3) is 0 Å². The van der Waals surface area contributed by atoms with Crippen molar-refractivity contribution in [1.82, 2.24) is 4.72 Å². The summed E-state index contributed by atoms with van der Waals surface area (Å²) in [6.07, 6.45) is -4.05. The third-order valence-corrected chi connectivity index (χ3v) is 4.98. The van der Waals surface area contributed by atoms with Gasteiger partial charge in [0.25, 0.3) is 0 Å². The Morgan fingerprint density at radius 1 is 1.27 bits per heavy atom. The van der Waals surface area contributed by atoms with E-state index in [1.165, 1.54) is 0 Å². The molecule has 0 aromatic rings. The molecule has 0 aliphatic rings. The lowest BCUT2D eigenvalue weighted by Crippen LogP contribution is -2.54. The number of carbonyl (C=O) groups is 1. The molecular weight excluding hydrogens is 319 g/mol. The van der Waals surface area contributed by atoms with Crippen LogP contribution in [0.4, 0.5) is 13.2 Å². The molecule has 0 spiro atoms. The van der Waals surface area contributed by atoms with Gasteiger partial charge in [-0.2, -0.15) is 13.2 Å². The summed E-state index contributed by atoms with van der Waals surface area (Å²) in [5.41, 5.74) is 0. The minimum Gasteiger partial charge on any atom is -0.469 e. The predicted octanol–water partition coefficient (Wildman–Crippen LogP) is 3.19. The Kier molecular flexibility index (Phi) is 8.05. The normalized spacial score (nSPS) is 18.4. The van der Waals surface area contributed by atoms with E-state index in [1.807, 2.05) is 6.92 Å². The van der Waals surface area contributed by atoms with E-state index in [0.717, 1.165) is 7.11 Å². The molecular formula is C14H26F3NO3S. The SMILES string of the molecule is CCC(C)C[C@@H](C(=O)OC)[C@@H](N[S@](=O)C(C)(C)C)C(F)(F)F. The van der Waals surface area contributed by atoms with Crippen LogP contribution in [0.3, 0.4) is 0 Å². The number of esters is 1. The van der Waals surface area contributed by atoms with Crippen LogP contribution in [0.15, 0.2) is 0 Å². The highest BCUT2D eigenvalue weighted by Gasteiger charge is 2.49. The average molecular weight is 345 g/mol. The third-order valence-electron chi connectivity index (χ3n) is 3.40. The molecule has 0 bridgehead atoms. The van der Waals surface area contributed by atoms with E-state index in [1.54, 1.807) is 27.7 Å². The number of carbonyl (C=O) groups excluding carboxylic acids is 1. The van der Waals surface area contributed by atoms with Crippen molar-refractivity contribution < 1.29 is 26.9 Å². The van der Waals surface area contributed by atoms with Crippen LogP contribution in [-0.4, -0.2) is 34.3 Å². The maximum Gasteiger partial charge on any atom is 0.405 e. The van der Waals surface area contributed by atoms with Crippen molar-refractivity contribution in [2.75, 3.05) is 7.11 Å². The summed E-state index contributed by atoms with van der Waals surface area (Å²) in [6.45, 7) is 8.29. The lowest BCUT2D eigenvalue weighted by Gasteiger charge is -2.31. The van der Waals surface area contributed by atoms with Gasteiger partial charge in [-0.3, -0.25) is 4.79 Å². The lowest BCUT2D eigenvalue weighted by atomic mass is 9.88. The topological polar surface area (TPSA) is 55.4 Å². The van der Waals surface area contributed by atoms with Crippen molar-refractivity contribution in [1.29, 1.82) is 0 Å². The fraction of sp³-hybridized carbons (Fsp3) is 0.929. The molecule has 0 aromatic heterocycles. The van der Waals surface area contributed by atoms with Crippen LogP contribution in [0.5, 0.6) is 0 Å². The first-order chi connectivity index (χ1) is 9.84. The van der Waals surface area contributed by atoms with Crippen LogP contribution in [0.1, 0.15) is 47.5 Å². The van der Waals surface area contributed by atoms with E-state index in [9.17, 15) is 22.2 Å². The van der Waals surface area contributed by atoms with E-state index >= 15 is 0 Å². The van der Waals surface area contributed by atoms with Gasteiger partial charge < -0.3 is 4.74 Å². The highest BCUT2D eigenvalue weighted by molar-refractivity contribution is 7.84. The van der Waals surface area contributed by atoms with Crippen LogP contribution in [0, 0.1) is 11.8 Å². The molecule has 22 heavy (non-hydrogen) atoms. The van der Waals surface area contributed by atoms with Gasteiger partial charge in [0, 0.05) is 0 Å². The first kappa shape index (κ1) is 21.4. The molecule has 0 rings (SSSR count). The molecule has 4 atom stereocenters. The Morgan fingerprint density at radius 3 is 2.09 bits per heavy atom. The number of ether oxygens (including phenoxy) is 1. The monoisotopic (exact) mass is 345 g/mol. The highest BCUT2D eigenvalue weighted by Crippen LogP contribution is 2.32. The summed E-state index contributed by atoms with van der Waals surface area (Å²) in [7, 11) is -0.892. The second-order valence-corrected chi connectivity index (χ2v) is 8.39. The van der Waals surface area contributed by atoms with Crippen molar-refractivity contribution in [2.45, 2.75) is 64.4 Å². The molecule has 0 radical (unpaired) electrons. The van der Waals surface area contributed by atoms with E-state index in [0.29, 0.717) is 6.42 Å². The molecule has 0 fully saturated rings. The van der Waals surface area contributed by atoms with Crippen molar-refractivity contribution in [3.63, 3.8) is 0 Å². The van der Waals surface area contributed by atoms with Crippen LogP contribution >= 0.6 is 0 Å². The quantitative estimate of drug-likeness (QED) is 0.721. The molecule has 4 nitrogen and oxygen atoms in total. The van der Waals surface area contributed by atoms with E-state index < -0.39 is 39.8 Å². The maximum absolute atomic E-state index is 13.4. The molecule has 0 saturated carbocycles. The zero-order valence-electron chi connectivity index (χ0n) is 13.9. The Balaban J connectivity index is 5.49. The predicted molar refractivity (Wildman–Crippen MR) is 80.5 cm³/mol. The first-order valence-electron chi connectivity index (χ1n) is 7.17. The molecule has 0 aliphatic heterocycles. The average Bonchev–Trinajstić information content (AvgIpc) is 2.38. The van der Waals surface area contributed by atoms with Crippen LogP contribution < -0.4 is 4.72 Å². The van der Waals surface area contributed by atoms with Crippen LogP contribution in [-0.2, 0) is 20.5 Å². The molecule has 8 heteroatoms. The van der Waals surface area contributed by atoms with Crippen molar-refractivity contribution in [3.05, 3.63) is 0 Å². The number of rotatable bonds is 7. The van der Waals surface area contributed by atoms with Gasteiger partial charge in [-0.25, -0.2) is 8.93 Å². The summed E-state index contributed by atoms with van der Waals surface area (Å²) < 4.78 is 57.9. The Bertz CT molecular complexity index is 394. The van der Waals surface area contributed by atoms with E-state index in [4.69, 9.17) is 0 Å². The molecule has 0 amide bonds. The summed E-state index contributed by atoms with van der Waals surface area (Å²) in [6, 6.07) is -2.20. The Morgan fingerprint density at radius 2 is 1.77 bits per heavy atom. The molecule has 0 heterocycles. The van der Waals surface area contributed by atoms with Crippen LogP contribution in [0.2, 0.25) is 0 Å². The van der Waals surface area contributed by atoms with Gasteiger partial charge in [0.2, 0.25) is 0 Å². The maximum atomic E-state index is 13.4. The molecule has 0 aliphatic carbocycles. The van der Waals surface area contributed by atoms with Crippen molar-refractivity contribution >= 4 is 17.0 Å². The Labute approximate surface area is 132 Å². The minimum absolute atomic E-state index is 0.0156. The fourth-order valence-electron chi connectivity index (χ4n) is 1.79. The number of halogens is 3. The van der Waals surface area contributed by atoms with Gasteiger partial charge in [0.1, 0.15) is 6.04 Å². The smallest absolute Gasteiger partial charge is 0.405 e. The van der Waals surface area contributed by atoms with Gasteiger partial charge >= 0.3 is 12.1 Å². The van der Waals surface area contributed by atoms with Crippen molar-refractivity contribution in [2.24, 2.45) is 11.8 Å². The number of methoxy groups -OCH3 is 1. The second-order valence-electron chi connectivity index (χ2n) is 6.40. The Hall–Kier alpha value is -0.630. The molecule has 0 aromatic carbocycles. The zero-order chi connectivity index (χ0) is 17.7. The van der Waals surface area contributed by atoms with E-state index in [-0.39, 0.29) is 12.3 Å². The van der Waals surface area contributed by atoms with Gasteiger partial charge in [0.15, 0.2) is 0 Å². The summed E-state index contributed by atoms with van der Waals surface area (Å²) in [5, 5.41) is 0. The van der Waals surface area contributed by atoms with Gasteiger partial charge in [-0.1, -0.05) is 20.3 Å². The van der Waals surface area contributed by atoms with Gasteiger partial charge in [-0.15, -0.1) is 0 Å². The number of hydrogen-bond donors (Lipinski definition) is 1. The lowest BCUT2D eigenvalue weighted by molar-refractivity contribution is -0.178. The summed E-state index contributed by atoms with van der Waals surface area (Å²) in [4.78, 5) is 11.8.